The fraction of sp³-hybridized carbons (Fsp3) is 0.733. The predicted molar refractivity (Wildman–Crippen MR) is 89.9 cm³/mol. The maximum absolute atomic E-state index is 12.4. The van der Waals surface area contributed by atoms with Crippen LogP contribution in [-0.2, 0) is 16.1 Å². The Morgan fingerprint density at radius 3 is 3.00 bits per heavy atom. The summed E-state index contributed by atoms with van der Waals surface area (Å²) < 4.78 is 8.19. The lowest BCUT2D eigenvalue weighted by molar-refractivity contribution is -0.151. The molecule has 1 aromatic heterocycles. The number of esters is 1. The molecule has 1 heterocycles. The molecule has 0 amide bonds. The van der Waals surface area contributed by atoms with Gasteiger partial charge in [-0.2, -0.15) is 5.10 Å². The highest BCUT2D eigenvalue weighted by Gasteiger charge is 2.49. The minimum Gasteiger partial charge on any atom is -0.468 e. The van der Waals surface area contributed by atoms with Gasteiger partial charge in [0.1, 0.15) is 5.54 Å². The second kappa shape index (κ2) is 7.09. The van der Waals surface area contributed by atoms with Crippen LogP contribution in [0, 0.1) is 9.49 Å². The van der Waals surface area contributed by atoms with Gasteiger partial charge in [0.15, 0.2) is 0 Å². The fourth-order valence-corrected chi connectivity index (χ4v) is 3.88. The van der Waals surface area contributed by atoms with Gasteiger partial charge in [-0.1, -0.05) is 6.42 Å². The van der Waals surface area contributed by atoms with Crippen molar-refractivity contribution in [2.45, 2.75) is 57.7 Å². The summed E-state index contributed by atoms with van der Waals surface area (Å²) in [6.45, 7) is 5.00. The Balaban J connectivity index is 2.09. The van der Waals surface area contributed by atoms with Gasteiger partial charge in [0.25, 0.3) is 0 Å². The summed E-state index contributed by atoms with van der Waals surface area (Å²) in [5.74, 6) is 0.183. The highest BCUT2D eigenvalue weighted by molar-refractivity contribution is 14.1. The van der Waals surface area contributed by atoms with Gasteiger partial charge in [-0.15, -0.1) is 0 Å². The monoisotopic (exact) mass is 405 g/mol. The first kappa shape index (κ1) is 16.7. The first-order valence-electron chi connectivity index (χ1n) is 7.52. The van der Waals surface area contributed by atoms with Crippen molar-refractivity contribution in [1.82, 2.24) is 15.1 Å². The molecule has 1 saturated carbocycles. The summed E-state index contributed by atoms with van der Waals surface area (Å²) in [4.78, 5) is 12.4. The third kappa shape index (κ3) is 3.77. The van der Waals surface area contributed by atoms with Gasteiger partial charge in [-0.05, 0) is 61.6 Å². The maximum atomic E-state index is 12.4. The second-order valence-corrected chi connectivity index (χ2v) is 7.31. The SMILES string of the molecule is COC(=O)C1(NC(C)C)CCCC1CCn1cc(I)cn1. The minimum atomic E-state index is -0.525. The molecule has 118 valence electrons. The summed E-state index contributed by atoms with van der Waals surface area (Å²) in [5.41, 5.74) is -0.525. The second-order valence-electron chi connectivity index (χ2n) is 6.06. The highest BCUT2D eigenvalue weighted by atomic mass is 127. The number of halogens is 1. The molecule has 5 nitrogen and oxygen atoms in total. The van der Waals surface area contributed by atoms with Crippen LogP contribution in [0.3, 0.4) is 0 Å². The third-order valence-electron chi connectivity index (χ3n) is 4.22. The lowest BCUT2D eigenvalue weighted by Gasteiger charge is -2.35. The molecule has 21 heavy (non-hydrogen) atoms. The Bertz CT molecular complexity index is 489. The molecule has 2 unspecified atom stereocenters. The van der Waals surface area contributed by atoms with Crippen LogP contribution in [0.1, 0.15) is 39.5 Å². The molecule has 0 radical (unpaired) electrons. The summed E-state index contributed by atoms with van der Waals surface area (Å²) in [7, 11) is 1.48. The molecule has 1 aliphatic rings. The van der Waals surface area contributed by atoms with E-state index in [9.17, 15) is 4.79 Å². The van der Waals surface area contributed by atoms with Crippen LogP contribution >= 0.6 is 22.6 Å². The van der Waals surface area contributed by atoms with Crippen molar-refractivity contribution in [1.29, 1.82) is 0 Å². The maximum Gasteiger partial charge on any atom is 0.326 e. The number of aromatic nitrogens is 2. The molecule has 0 saturated heterocycles. The molecule has 0 bridgehead atoms. The Morgan fingerprint density at radius 1 is 1.67 bits per heavy atom. The van der Waals surface area contributed by atoms with Gasteiger partial charge >= 0.3 is 5.97 Å². The van der Waals surface area contributed by atoms with Crippen molar-refractivity contribution in [3.05, 3.63) is 16.0 Å². The fourth-order valence-electron chi connectivity index (χ4n) is 3.43. The Kier molecular flexibility index (Phi) is 5.65. The van der Waals surface area contributed by atoms with Crippen LogP contribution in [0.5, 0.6) is 0 Å². The van der Waals surface area contributed by atoms with Crippen LogP contribution in [0.2, 0.25) is 0 Å². The van der Waals surface area contributed by atoms with Crippen molar-refractivity contribution >= 4 is 28.6 Å². The molecule has 6 heteroatoms. The standard InChI is InChI=1S/C15H24IN3O2/c1-11(2)18-15(14(20)21-3)7-4-5-12(15)6-8-19-10-13(16)9-17-19/h9-12,18H,4-8H2,1-3H3. The van der Waals surface area contributed by atoms with Gasteiger partial charge in [0.2, 0.25) is 0 Å². The van der Waals surface area contributed by atoms with E-state index in [1.807, 2.05) is 17.1 Å². The Morgan fingerprint density at radius 2 is 2.43 bits per heavy atom. The van der Waals surface area contributed by atoms with Crippen LogP contribution in [0.4, 0.5) is 0 Å². The number of aryl methyl sites for hydroxylation is 1. The first-order chi connectivity index (χ1) is 9.98. The van der Waals surface area contributed by atoms with E-state index < -0.39 is 5.54 Å². The molecule has 0 aliphatic heterocycles. The highest BCUT2D eigenvalue weighted by Crippen LogP contribution is 2.39. The topological polar surface area (TPSA) is 56.1 Å². The van der Waals surface area contributed by atoms with Crippen LogP contribution in [0.25, 0.3) is 0 Å². The smallest absolute Gasteiger partial charge is 0.326 e. The molecular weight excluding hydrogens is 381 g/mol. The molecule has 1 aliphatic carbocycles. The number of carbonyl (C=O) groups excluding carboxylic acids is 1. The average Bonchev–Trinajstić information content (AvgIpc) is 3.02. The molecule has 1 N–H and O–H groups in total. The van der Waals surface area contributed by atoms with E-state index in [1.54, 1.807) is 0 Å². The lowest BCUT2D eigenvalue weighted by Crippen LogP contribution is -2.57. The Labute approximate surface area is 139 Å². The zero-order valence-corrected chi connectivity index (χ0v) is 15.1. The van der Waals surface area contributed by atoms with E-state index in [4.69, 9.17) is 4.74 Å². The number of carbonyl (C=O) groups is 1. The van der Waals surface area contributed by atoms with E-state index >= 15 is 0 Å². The number of nitrogens with zero attached hydrogens (tertiary/aromatic N) is 2. The Hall–Kier alpha value is -0.630. The van der Waals surface area contributed by atoms with Crippen molar-refractivity contribution in [3.63, 3.8) is 0 Å². The van der Waals surface area contributed by atoms with E-state index in [-0.39, 0.29) is 12.0 Å². The van der Waals surface area contributed by atoms with E-state index in [0.29, 0.717) is 5.92 Å². The quantitative estimate of drug-likeness (QED) is 0.584. The number of hydrogen-bond donors (Lipinski definition) is 1. The van der Waals surface area contributed by atoms with E-state index in [0.717, 1.165) is 35.8 Å². The van der Waals surface area contributed by atoms with Crippen molar-refractivity contribution < 1.29 is 9.53 Å². The van der Waals surface area contributed by atoms with Gasteiger partial charge in [-0.3, -0.25) is 14.8 Å². The van der Waals surface area contributed by atoms with E-state index in [2.05, 4.69) is 46.9 Å². The number of nitrogens with one attached hydrogen (secondary N) is 1. The summed E-state index contributed by atoms with van der Waals surface area (Å²) in [6.07, 6.45) is 7.81. The van der Waals surface area contributed by atoms with Crippen molar-refractivity contribution in [3.8, 4) is 0 Å². The van der Waals surface area contributed by atoms with Crippen molar-refractivity contribution in [2.75, 3.05) is 7.11 Å². The average molecular weight is 405 g/mol. The lowest BCUT2D eigenvalue weighted by atomic mass is 9.84. The van der Waals surface area contributed by atoms with Gasteiger partial charge in [0.05, 0.1) is 16.9 Å². The first-order valence-corrected chi connectivity index (χ1v) is 8.60. The van der Waals surface area contributed by atoms with E-state index in [1.165, 1.54) is 7.11 Å². The third-order valence-corrected chi connectivity index (χ3v) is 4.78. The number of rotatable bonds is 6. The summed E-state index contributed by atoms with van der Waals surface area (Å²) >= 11 is 2.26. The van der Waals surface area contributed by atoms with Crippen LogP contribution in [-0.4, -0.2) is 34.4 Å². The molecule has 1 fully saturated rings. The zero-order valence-electron chi connectivity index (χ0n) is 12.9. The predicted octanol–water partition coefficient (Wildman–Crippen LogP) is 2.59. The molecule has 1 aromatic rings. The zero-order chi connectivity index (χ0) is 15.5. The summed E-state index contributed by atoms with van der Waals surface area (Å²) in [5, 5.41) is 7.81. The van der Waals surface area contributed by atoms with Crippen molar-refractivity contribution in [2.24, 2.45) is 5.92 Å². The van der Waals surface area contributed by atoms with Gasteiger partial charge in [0, 0.05) is 18.8 Å². The molecule has 0 spiro atoms. The normalized spacial score (nSPS) is 25.5. The van der Waals surface area contributed by atoms with Crippen LogP contribution < -0.4 is 5.32 Å². The molecular formula is C15H24IN3O2. The molecule has 2 atom stereocenters. The number of methoxy groups -OCH3 is 1. The van der Waals surface area contributed by atoms with Gasteiger partial charge in [-0.25, -0.2) is 0 Å². The molecule has 0 aromatic carbocycles. The van der Waals surface area contributed by atoms with Gasteiger partial charge < -0.3 is 4.74 Å². The minimum absolute atomic E-state index is 0.117. The molecule has 2 rings (SSSR count). The number of hydrogen-bond acceptors (Lipinski definition) is 4. The van der Waals surface area contributed by atoms with Crippen LogP contribution in [0.15, 0.2) is 12.4 Å². The summed E-state index contributed by atoms with van der Waals surface area (Å²) in [6, 6.07) is 0.260. The largest absolute Gasteiger partial charge is 0.468 e. The number of ether oxygens (including phenoxy) is 1.